The summed E-state index contributed by atoms with van der Waals surface area (Å²) in [5.74, 6) is -0.429. The van der Waals surface area contributed by atoms with Crippen molar-refractivity contribution in [3.8, 4) is 0 Å². The van der Waals surface area contributed by atoms with Crippen LogP contribution in [0.2, 0.25) is 5.02 Å². The van der Waals surface area contributed by atoms with Gasteiger partial charge >= 0.3 is 0 Å². The van der Waals surface area contributed by atoms with Crippen molar-refractivity contribution >= 4 is 33.2 Å². The number of hydrogen-bond acceptors (Lipinski definition) is 4. The highest BCUT2D eigenvalue weighted by atomic mass is 35.5. The Morgan fingerprint density at radius 2 is 1.73 bits per heavy atom. The zero-order chi connectivity index (χ0) is 21.7. The van der Waals surface area contributed by atoms with Crippen LogP contribution in [-0.2, 0) is 21.4 Å². The van der Waals surface area contributed by atoms with Crippen molar-refractivity contribution in [1.29, 1.82) is 0 Å². The summed E-state index contributed by atoms with van der Waals surface area (Å²) >= 11 is 5.93. The number of carbonyl (C=O) groups excluding carboxylic acids is 1. The van der Waals surface area contributed by atoms with Gasteiger partial charge in [0.25, 0.3) is 0 Å². The number of carbonyl (C=O) groups is 1. The second-order valence-corrected chi connectivity index (χ2v) is 9.39. The number of rotatable bonds is 7. The van der Waals surface area contributed by atoms with Crippen LogP contribution in [0.1, 0.15) is 16.7 Å². The van der Waals surface area contributed by atoms with Crippen molar-refractivity contribution < 1.29 is 13.2 Å². The van der Waals surface area contributed by atoms with Gasteiger partial charge in [0, 0.05) is 29.6 Å². The van der Waals surface area contributed by atoms with E-state index in [-0.39, 0.29) is 18.0 Å². The monoisotopic (exact) mass is 443 g/mol. The molecular weight excluding hydrogens is 422 g/mol. The van der Waals surface area contributed by atoms with Crippen LogP contribution < -0.4 is 5.32 Å². The fraction of sp³-hybridized carbons (Fsp3) is 0.182. The maximum absolute atomic E-state index is 13.2. The van der Waals surface area contributed by atoms with Crippen molar-refractivity contribution in [2.75, 3.05) is 11.9 Å². The molecule has 0 bridgehead atoms. The molecule has 0 saturated carbocycles. The zero-order valence-electron chi connectivity index (χ0n) is 16.7. The van der Waals surface area contributed by atoms with Gasteiger partial charge < -0.3 is 5.32 Å². The third-order valence-corrected chi connectivity index (χ3v) is 6.40. The van der Waals surface area contributed by atoms with Crippen molar-refractivity contribution in [3.05, 3.63) is 88.7 Å². The van der Waals surface area contributed by atoms with Crippen LogP contribution in [0.4, 0.5) is 5.69 Å². The number of aryl methyl sites for hydroxylation is 2. The van der Waals surface area contributed by atoms with E-state index < -0.39 is 15.9 Å². The van der Waals surface area contributed by atoms with Gasteiger partial charge in [-0.05, 0) is 66.9 Å². The molecule has 0 aliphatic carbocycles. The summed E-state index contributed by atoms with van der Waals surface area (Å²) in [7, 11) is -3.94. The highest BCUT2D eigenvalue weighted by molar-refractivity contribution is 7.89. The molecule has 1 aromatic heterocycles. The molecule has 3 rings (SSSR count). The summed E-state index contributed by atoms with van der Waals surface area (Å²) in [6.07, 6.45) is 2.77. The molecule has 0 aliphatic heterocycles. The van der Waals surface area contributed by atoms with Gasteiger partial charge in [-0.1, -0.05) is 29.8 Å². The maximum atomic E-state index is 13.2. The van der Waals surface area contributed by atoms with E-state index in [2.05, 4.69) is 10.3 Å². The van der Waals surface area contributed by atoms with Crippen LogP contribution in [0.25, 0.3) is 0 Å². The summed E-state index contributed by atoms with van der Waals surface area (Å²) in [6, 6.07) is 15.5. The molecule has 0 aliphatic rings. The van der Waals surface area contributed by atoms with E-state index in [9.17, 15) is 13.2 Å². The average molecular weight is 444 g/mol. The molecule has 156 valence electrons. The second kappa shape index (κ2) is 9.38. The Kier molecular flexibility index (Phi) is 6.87. The number of sulfonamides is 1. The van der Waals surface area contributed by atoms with Gasteiger partial charge in [-0.2, -0.15) is 4.31 Å². The lowest BCUT2D eigenvalue weighted by Crippen LogP contribution is -2.37. The maximum Gasteiger partial charge on any atom is 0.245 e. The second-order valence-electron chi connectivity index (χ2n) is 7.01. The van der Waals surface area contributed by atoms with Gasteiger partial charge in [0.05, 0.1) is 6.54 Å². The molecule has 3 aromatic rings. The topological polar surface area (TPSA) is 79.4 Å². The number of pyridine rings is 1. The molecule has 0 fully saturated rings. The van der Waals surface area contributed by atoms with Crippen LogP contribution in [-0.4, -0.2) is 30.2 Å². The fourth-order valence-electron chi connectivity index (χ4n) is 3.08. The van der Waals surface area contributed by atoms with Crippen molar-refractivity contribution in [1.82, 2.24) is 9.29 Å². The standard InChI is InChI=1S/C22H22ClN3O3S/c1-16-10-17(2)12-20(11-16)25-22(27)15-26(14-18-5-7-19(23)8-6-18)30(28,29)21-4-3-9-24-13-21/h3-13H,14-15H2,1-2H3,(H,25,27). The number of halogens is 1. The number of aromatic nitrogens is 1. The molecule has 0 atom stereocenters. The van der Waals surface area contributed by atoms with Crippen molar-refractivity contribution in [2.45, 2.75) is 25.3 Å². The van der Waals surface area contributed by atoms with E-state index in [0.717, 1.165) is 15.4 Å². The molecule has 1 heterocycles. The predicted octanol–water partition coefficient (Wildman–Crippen LogP) is 4.18. The number of nitrogens with one attached hydrogen (secondary N) is 1. The van der Waals surface area contributed by atoms with Crippen molar-refractivity contribution in [2.24, 2.45) is 0 Å². The fourth-order valence-corrected chi connectivity index (χ4v) is 4.55. The van der Waals surface area contributed by atoms with Gasteiger partial charge in [-0.3, -0.25) is 9.78 Å². The van der Waals surface area contributed by atoms with Crippen LogP contribution in [0.5, 0.6) is 0 Å². The Labute approximate surface area is 181 Å². The first-order valence-corrected chi connectivity index (χ1v) is 11.1. The summed E-state index contributed by atoms with van der Waals surface area (Å²) in [4.78, 5) is 16.6. The number of nitrogens with zero attached hydrogens (tertiary/aromatic N) is 2. The molecule has 0 radical (unpaired) electrons. The zero-order valence-corrected chi connectivity index (χ0v) is 18.2. The Morgan fingerprint density at radius 1 is 1.07 bits per heavy atom. The minimum absolute atomic E-state index is 0.0225. The quantitative estimate of drug-likeness (QED) is 0.594. The molecule has 1 N–H and O–H groups in total. The largest absolute Gasteiger partial charge is 0.325 e. The van der Waals surface area contributed by atoms with E-state index in [4.69, 9.17) is 11.6 Å². The highest BCUT2D eigenvalue weighted by Gasteiger charge is 2.27. The Bertz CT molecular complexity index is 1110. The normalized spacial score (nSPS) is 11.5. The summed E-state index contributed by atoms with van der Waals surface area (Å²) in [6.45, 7) is 3.55. The lowest BCUT2D eigenvalue weighted by molar-refractivity contribution is -0.116. The first-order valence-electron chi connectivity index (χ1n) is 9.27. The van der Waals surface area contributed by atoms with Gasteiger partial charge in [-0.25, -0.2) is 8.42 Å². The lowest BCUT2D eigenvalue weighted by Gasteiger charge is -2.22. The molecule has 8 heteroatoms. The third-order valence-electron chi connectivity index (χ3n) is 4.37. The van der Waals surface area contributed by atoms with Gasteiger partial charge in [-0.15, -0.1) is 0 Å². The summed E-state index contributed by atoms with van der Waals surface area (Å²) < 4.78 is 27.5. The first-order chi connectivity index (χ1) is 14.2. The number of hydrogen-bond donors (Lipinski definition) is 1. The molecule has 30 heavy (non-hydrogen) atoms. The number of anilines is 1. The van der Waals surface area contributed by atoms with Crippen LogP contribution in [0.15, 0.2) is 71.9 Å². The Balaban J connectivity index is 1.86. The lowest BCUT2D eigenvalue weighted by atomic mass is 10.1. The Morgan fingerprint density at radius 3 is 2.33 bits per heavy atom. The number of amides is 1. The van der Waals surface area contributed by atoms with E-state index >= 15 is 0 Å². The van der Waals surface area contributed by atoms with Gasteiger partial charge in [0.1, 0.15) is 4.90 Å². The highest BCUT2D eigenvalue weighted by Crippen LogP contribution is 2.20. The number of benzene rings is 2. The molecule has 1 amide bonds. The third kappa shape index (κ3) is 5.66. The molecule has 6 nitrogen and oxygen atoms in total. The molecule has 2 aromatic carbocycles. The molecule has 0 saturated heterocycles. The van der Waals surface area contributed by atoms with Crippen LogP contribution in [0, 0.1) is 13.8 Å². The predicted molar refractivity (Wildman–Crippen MR) is 118 cm³/mol. The van der Waals surface area contributed by atoms with E-state index in [0.29, 0.717) is 16.3 Å². The minimum atomic E-state index is -3.94. The minimum Gasteiger partial charge on any atom is -0.325 e. The van der Waals surface area contributed by atoms with Gasteiger partial charge in [0.2, 0.25) is 15.9 Å². The SMILES string of the molecule is Cc1cc(C)cc(NC(=O)CN(Cc2ccc(Cl)cc2)S(=O)(=O)c2cccnc2)c1. The van der Waals surface area contributed by atoms with E-state index in [1.165, 1.54) is 18.5 Å². The van der Waals surface area contributed by atoms with Gasteiger partial charge in [0.15, 0.2) is 0 Å². The van der Waals surface area contributed by atoms with Crippen LogP contribution >= 0.6 is 11.6 Å². The molecule has 0 spiro atoms. The molecular formula is C22H22ClN3O3S. The van der Waals surface area contributed by atoms with E-state index in [1.807, 2.05) is 32.0 Å². The molecule has 0 unspecified atom stereocenters. The first kappa shape index (κ1) is 22.0. The average Bonchev–Trinajstić information content (AvgIpc) is 2.69. The van der Waals surface area contributed by atoms with E-state index in [1.54, 1.807) is 30.3 Å². The summed E-state index contributed by atoms with van der Waals surface area (Å²) in [5, 5.41) is 3.34. The summed E-state index contributed by atoms with van der Waals surface area (Å²) in [5.41, 5.74) is 3.35. The smallest absolute Gasteiger partial charge is 0.245 e. The van der Waals surface area contributed by atoms with Crippen LogP contribution in [0.3, 0.4) is 0 Å². The Hall–Kier alpha value is -2.74. The van der Waals surface area contributed by atoms with Crippen molar-refractivity contribution in [3.63, 3.8) is 0 Å².